The predicted octanol–water partition coefficient (Wildman–Crippen LogP) is 1.75. The number of pyridine rings is 2. The molecule has 0 fully saturated rings. The van der Waals surface area contributed by atoms with Crippen molar-refractivity contribution in [1.29, 1.82) is 5.41 Å². The van der Waals surface area contributed by atoms with Gasteiger partial charge in [0.05, 0.1) is 0 Å². The van der Waals surface area contributed by atoms with Crippen LogP contribution in [-0.4, -0.2) is 29.4 Å². The molecule has 2 rings (SSSR count). The van der Waals surface area contributed by atoms with Gasteiger partial charge in [0.2, 0.25) is 0 Å². The highest BCUT2D eigenvalue weighted by Gasteiger charge is 2.07. The van der Waals surface area contributed by atoms with E-state index >= 15 is 0 Å². The summed E-state index contributed by atoms with van der Waals surface area (Å²) >= 11 is 0. The molecule has 0 aliphatic carbocycles. The largest absolute Gasteiger partial charge is 0.384 e. The third kappa shape index (κ3) is 3.54. The summed E-state index contributed by atoms with van der Waals surface area (Å²) in [7, 11) is 1.99. The Morgan fingerprint density at radius 1 is 1.30 bits per heavy atom. The van der Waals surface area contributed by atoms with Gasteiger partial charge in [0.25, 0.3) is 0 Å². The number of hydrogen-bond acceptors (Lipinski definition) is 4. The van der Waals surface area contributed by atoms with Crippen molar-refractivity contribution < 1.29 is 0 Å². The maximum absolute atomic E-state index is 7.53. The highest BCUT2D eigenvalue weighted by molar-refractivity contribution is 5.95. The number of nitrogens with zero attached hydrogens (tertiary/aromatic N) is 3. The molecule has 0 aromatic carbocycles. The molecule has 0 unspecified atom stereocenters. The summed E-state index contributed by atoms with van der Waals surface area (Å²) in [6.45, 7) is 2.75. The molecular weight excluding hydrogens is 250 g/mol. The number of likely N-dealkylation sites (N-methyl/N-ethyl adjacent to an activating group) is 1. The van der Waals surface area contributed by atoms with E-state index in [4.69, 9.17) is 11.1 Å². The van der Waals surface area contributed by atoms with Gasteiger partial charge in [0.1, 0.15) is 11.7 Å². The number of rotatable bonds is 5. The molecule has 0 spiro atoms. The SMILES string of the molecule is Cc1cc(C(=N)N)cc(N(C)CCc2ccncc2)n1. The number of anilines is 1. The van der Waals surface area contributed by atoms with Crippen LogP contribution in [0.25, 0.3) is 0 Å². The van der Waals surface area contributed by atoms with Crippen molar-refractivity contribution in [2.45, 2.75) is 13.3 Å². The third-order valence-corrected chi connectivity index (χ3v) is 3.13. The minimum absolute atomic E-state index is 0.0688. The Hall–Kier alpha value is -2.43. The molecule has 0 bridgehead atoms. The normalized spacial score (nSPS) is 10.3. The van der Waals surface area contributed by atoms with Gasteiger partial charge < -0.3 is 10.6 Å². The number of nitrogens with two attached hydrogens (primary N) is 1. The van der Waals surface area contributed by atoms with Crippen LogP contribution >= 0.6 is 0 Å². The standard InChI is InChI=1S/C15H19N5/c1-11-9-13(15(16)17)10-14(19-11)20(2)8-5-12-3-6-18-7-4-12/h3-4,6-7,9-10H,5,8H2,1-2H3,(H3,16,17). The summed E-state index contributed by atoms with van der Waals surface area (Å²) in [5.41, 5.74) is 8.36. The Morgan fingerprint density at radius 2 is 2.00 bits per heavy atom. The highest BCUT2D eigenvalue weighted by atomic mass is 15.2. The topological polar surface area (TPSA) is 78.9 Å². The van der Waals surface area contributed by atoms with Crippen molar-refractivity contribution in [2.24, 2.45) is 5.73 Å². The predicted molar refractivity (Wildman–Crippen MR) is 81.2 cm³/mol. The minimum Gasteiger partial charge on any atom is -0.384 e. The smallest absolute Gasteiger partial charge is 0.129 e. The van der Waals surface area contributed by atoms with Crippen molar-refractivity contribution >= 4 is 11.7 Å². The van der Waals surface area contributed by atoms with Gasteiger partial charge in [-0.05, 0) is 43.2 Å². The highest BCUT2D eigenvalue weighted by Crippen LogP contribution is 2.14. The Bertz CT molecular complexity index is 594. The van der Waals surface area contributed by atoms with Crippen LogP contribution in [0.3, 0.4) is 0 Å². The number of amidine groups is 1. The van der Waals surface area contributed by atoms with Crippen LogP contribution in [-0.2, 0) is 6.42 Å². The average molecular weight is 269 g/mol. The summed E-state index contributed by atoms with van der Waals surface area (Å²) in [6.07, 6.45) is 4.52. The molecule has 5 heteroatoms. The third-order valence-electron chi connectivity index (χ3n) is 3.13. The van der Waals surface area contributed by atoms with E-state index in [-0.39, 0.29) is 5.84 Å². The second-order valence-electron chi connectivity index (χ2n) is 4.80. The average Bonchev–Trinajstić information content (AvgIpc) is 2.45. The van der Waals surface area contributed by atoms with E-state index in [0.29, 0.717) is 5.56 Å². The lowest BCUT2D eigenvalue weighted by molar-refractivity contribution is 0.854. The molecule has 0 aliphatic rings. The fourth-order valence-electron chi connectivity index (χ4n) is 1.96. The van der Waals surface area contributed by atoms with E-state index in [2.05, 4.69) is 14.9 Å². The van der Waals surface area contributed by atoms with E-state index in [1.807, 2.05) is 38.2 Å². The van der Waals surface area contributed by atoms with Crippen molar-refractivity contribution in [3.63, 3.8) is 0 Å². The zero-order chi connectivity index (χ0) is 14.5. The first-order chi connectivity index (χ1) is 9.56. The second-order valence-corrected chi connectivity index (χ2v) is 4.80. The van der Waals surface area contributed by atoms with Gasteiger partial charge in [0.15, 0.2) is 0 Å². The molecule has 3 N–H and O–H groups in total. The number of nitrogen functional groups attached to an aromatic ring is 1. The number of aryl methyl sites for hydroxylation is 1. The summed E-state index contributed by atoms with van der Waals surface area (Å²) in [5.74, 6) is 0.906. The van der Waals surface area contributed by atoms with Crippen molar-refractivity contribution in [1.82, 2.24) is 9.97 Å². The molecule has 0 aliphatic heterocycles. The molecule has 0 amide bonds. The van der Waals surface area contributed by atoms with Gasteiger partial charge in [-0.3, -0.25) is 10.4 Å². The lowest BCUT2D eigenvalue weighted by Gasteiger charge is -2.19. The molecule has 2 aromatic heterocycles. The summed E-state index contributed by atoms with van der Waals surface area (Å²) in [4.78, 5) is 10.6. The van der Waals surface area contributed by atoms with Crippen molar-refractivity contribution in [2.75, 3.05) is 18.5 Å². The molecule has 104 valence electrons. The van der Waals surface area contributed by atoms with Gasteiger partial charge in [0, 0.05) is 37.2 Å². The van der Waals surface area contributed by atoms with E-state index in [1.165, 1.54) is 5.56 Å². The lowest BCUT2D eigenvalue weighted by Crippen LogP contribution is -2.22. The van der Waals surface area contributed by atoms with Crippen LogP contribution in [0.4, 0.5) is 5.82 Å². The zero-order valence-electron chi connectivity index (χ0n) is 11.8. The first-order valence-corrected chi connectivity index (χ1v) is 6.49. The Balaban J connectivity index is 2.09. The van der Waals surface area contributed by atoms with Crippen LogP contribution < -0.4 is 10.6 Å². The van der Waals surface area contributed by atoms with Crippen LogP contribution in [0.5, 0.6) is 0 Å². The molecule has 5 nitrogen and oxygen atoms in total. The van der Waals surface area contributed by atoms with Gasteiger partial charge in [-0.25, -0.2) is 4.98 Å². The summed E-state index contributed by atoms with van der Waals surface area (Å²) in [5, 5.41) is 7.53. The second kappa shape index (κ2) is 6.14. The van der Waals surface area contributed by atoms with Gasteiger partial charge in [-0.15, -0.1) is 0 Å². The quantitative estimate of drug-likeness (QED) is 0.640. The first-order valence-electron chi connectivity index (χ1n) is 6.49. The van der Waals surface area contributed by atoms with Crippen LogP contribution in [0.2, 0.25) is 0 Å². The fourth-order valence-corrected chi connectivity index (χ4v) is 1.96. The summed E-state index contributed by atoms with van der Waals surface area (Å²) in [6, 6.07) is 7.70. The van der Waals surface area contributed by atoms with E-state index < -0.39 is 0 Å². The summed E-state index contributed by atoms with van der Waals surface area (Å²) < 4.78 is 0. The molecule has 0 radical (unpaired) electrons. The number of aromatic nitrogens is 2. The number of hydrogen-bond donors (Lipinski definition) is 2. The van der Waals surface area contributed by atoms with E-state index in [1.54, 1.807) is 12.4 Å². The van der Waals surface area contributed by atoms with E-state index in [0.717, 1.165) is 24.5 Å². The zero-order valence-corrected chi connectivity index (χ0v) is 11.8. The van der Waals surface area contributed by atoms with E-state index in [9.17, 15) is 0 Å². The van der Waals surface area contributed by atoms with Crippen LogP contribution in [0.1, 0.15) is 16.8 Å². The Labute approximate surface area is 119 Å². The molecule has 0 atom stereocenters. The Kier molecular flexibility index (Phi) is 4.30. The van der Waals surface area contributed by atoms with Crippen molar-refractivity contribution in [3.05, 3.63) is 53.5 Å². The molecule has 2 aromatic rings. The maximum Gasteiger partial charge on any atom is 0.129 e. The fraction of sp³-hybridized carbons (Fsp3) is 0.267. The van der Waals surface area contributed by atoms with Gasteiger partial charge >= 0.3 is 0 Å². The van der Waals surface area contributed by atoms with Gasteiger partial charge in [-0.1, -0.05) is 0 Å². The molecular formula is C15H19N5. The van der Waals surface area contributed by atoms with Crippen LogP contribution in [0.15, 0.2) is 36.7 Å². The minimum atomic E-state index is 0.0688. The molecule has 20 heavy (non-hydrogen) atoms. The Morgan fingerprint density at radius 3 is 2.65 bits per heavy atom. The van der Waals surface area contributed by atoms with Crippen molar-refractivity contribution in [3.8, 4) is 0 Å². The monoisotopic (exact) mass is 269 g/mol. The maximum atomic E-state index is 7.53. The molecule has 0 saturated heterocycles. The molecule has 0 saturated carbocycles. The molecule has 2 heterocycles. The number of nitrogens with one attached hydrogen (secondary N) is 1. The van der Waals surface area contributed by atoms with Crippen LogP contribution in [0, 0.1) is 12.3 Å². The first kappa shape index (κ1) is 14.0. The lowest BCUT2D eigenvalue weighted by atomic mass is 10.2. The van der Waals surface area contributed by atoms with Gasteiger partial charge in [-0.2, -0.15) is 0 Å².